The van der Waals surface area contributed by atoms with Crippen molar-refractivity contribution in [2.24, 2.45) is 0 Å². The van der Waals surface area contributed by atoms with Gasteiger partial charge in [0, 0.05) is 0 Å². The van der Waals surface area contributed by atoms with Crippen molar-refractivity contribution >= 4 is 22.8 Å². The zero-order chi connectivity index (χ0) is 12.7. The fourth-order valence-corrected chi connectivity index (χ4v) is 2.20. The molecule has 0 saturated heterocycles. The number of para-hydroxylation sites is 1. The molecule has 0 spiro atoms. The molecule has 0 radical (unpaired) electrons. The molecule has 3 rings (SSSR count). The molecule has 5 nitrogen and oxygen atoms in total. The van der Waals surface area contributed by atoms with Crippen LogP contribution in [0.4, 0.5) is 0 Å². The van der Waals surface area contributed by atoms with Crippen molar-refractivity contribution in [3.63, 3.8) is 0 Å². The van der Waals surface area contributed by atoms with Crippen LogP contribution in [-0.4, -0.2) is 19.5 Å². The molecule has 0 aliphatic carbocycles. The Morgan fingerprint density at radius 2 is 1.94 bits per heavy atom. The Kier molecular flexibility index (Phi) is 2.41. The van der Waals surface area contributed by atoms with Crippen molar-refractivity contribution in [3.05, 3.63) is 51.8 Å². The van der Waals surface area contributed by atoms with Crippen LogP contribution in [0.5, 0.6) is 0 Å². The summed E-state index contributed by atoms with van der Waals surface area (Å²) in [6, 6.07) is 9.23. The highest BCUT2D eigenvalue weighted by molar-refractivity contribution is 6.33. The second kappa shape index (κ2) is 3.96. The number of aromatic nitrogens is 4. The molecule has 0 aliphatic heterocycles. The summed E-state index contributed by atoms with van der Waals surface area (Å²) >= 11 is 6.10. The summed E-state index contributed by atoms with van der Waals surface area (Å²) in [4.78, 5) is 22.9. The van der Waals surface area contributed by atoms with E-state index >= 15 is 0 Å². The molecular weight excluding hydrogens is 252 g/mol. The summed E-state index contributed by atoms with van der Waals surface area (Å²) in [5.41, 5.74) is 1.39. The molecule has 6 heteroatoms. The molecular formula is C12H9ClN4O. The lowest BCUT2D eigenvalue weighted by Crippen LogP contribution is -2.14. The Labute approximate surface area is 107 Å². The van der Waals surface area contributed by atoms with Gasteiger partial charge in [0.2, 0.25) is 0 Å². The Morgan fingerprint density at radius 1 is 1.22 bits per heavy atom. The quantitative estimate of drug-likeness (QED) is 0.681. The van der Waals surface area contributed by atoms with Crippen LogP contribution in [0.2, 0.25) is 5.15 Å². The third-order valence-electron chi connectivity index (χ3n) is 2.62. The van der Waals surface area contributed by atoms with Gasteiger partial charge in [0.25, 0.3) is 0 Å². The summed E-state index contributed by atoms with van der Waals surface area (Å²) in [6.07, 6.45) is 0. The number of benzene rings is 1. The number of nitrogens with zero attached hydrogens (tertiary/aromatic N) is 3. The number of fused-ring (bicyclic) bond motifs is 1. The molecule has 1 aromatic carbocycles. The number of hydrogen-bond acceptors (Lipinski definition) is 3. The SMILES string of the molecule is Cc1nc(Cl)c2c(n1)[nH]c(=O)n2-c1ccccc1. The van der Waals surface area contributed by atoms with Crippen molar-refractivity contribution in [3.8, 4) is 5.69 Å². The van der Waals surface area contributed by atoms with E-state index < -0.39 is 0 Å². The van der Waals surface area contributed by atoms with Gasteiger partial charge in [-0.3, -0.25) is 9.55 Å². The highest BCUT2D eigenvalue weighted by Crippen LogP contribution is 2.20. The first kappa shape index (κ1) is 11.0. The number of nitrogens with one attached hydrogen (secondary N) is 1. The molecule has 0 aliphatic rings. The predicted octanol–water partition coefficient (Wildman–Crippen LogP) is 2.07. The van der Waals surface area contributed by atoms with Gasteiger partial charge in [-0.15, -0.1) is 0 Å². The van der Waals surface area contributed by atoms with Crippen molar-refractivity contribution in [2.75, 3.05) is 0 Å². The number of rotatable bonds is 1. The topological polar surface area (TPSA) is 63.6 Å². The minimum atomic E-state index is -0.280. The van der Waals surface area contributed by atoms with Crippen LogP contribution < -0.4 is 5.69 Å². The number of imidazole rings is 1. The van der Waals surface area contributed by atoms with E-state index in [1.165, 1.54) is 4.57 Å². The van der Waals surface area contributed by atoms with E-state index in [9.17, 15) is 4.79 Å². The molecule has 3 aromatic rings. The number of aryl methyl sites for hydroxylation is 1. The van der Waals surface area contributed by atoms with Crippen molar-refractivity contribution < 1.29 is 0 Å². The van der Waals surface area contributed by atoms with E-state index in [0.717, 1.165) is 5.69 Å². The van der Waals surface area contributed by atoms with Gasteiger partial charge < -0.3 is 0 Å². The fraction of sp³-hybridized carbons (Fsp3) is 0.0833. The van der Waals surface area contributed by atoms with Crippen LogP contribution in [0, 0.1) is 6.92 Å². The number of aromatic amines is 1. The summed E-state index contributed by atoms with van der Waals surface area (Å²) in [5, 5.41) is 0.264. The molecule has 0 amide bonds. The van der Waals surface area contributed by atoms with E-state index in [-0.39, 0.29) is 10.8 Å². The Bertz CT molecular complexity index is 776. The smallest absolute Gasteiger partial charge is 0.290 e. The van der Waals surface area contributed by atoms with Crippen LogP contribution in [0.25, 0.3) is 16.9 Å². The molecule has 0 fully saturated rings. The van der Waals surface area contributed by atoms with Crippen LogP contribution >= 0.6 is 11.6 Å². The van der Waals surface area contributed by atoms with Crippen LogP contribution in [0.1, 0.15) is 5.82 Å². The van der Waals surface area contributed by atoms with E-state index in [0.29, 0.717) is 17.0 Å². The Balaban J connectivity index is 2.44. The van der Waals surface area contributed by atoms with Gasteiger partial charge in [0.15, 0.2) is 10.8 Å². The first-order valence-electron chi connectivity index (χ1n) is 5.37. The van der Waals surface area contributed by atoms with E-state index in [1.807, 2.05) is 30.3 Å². The monoisotopic (exact) mass is 260 g/mol. The maximum Gasteiger partial charge on any atom is 0.332 e. The van der Waals surface area contributed by atoms with Gasteiger partial charge >= 0.3 is 5.69 Å². The lowest BCUT2D eigenvalue weighted by atomic mass is 10.3. The summed E-state index contributed by atoms with van der Waals surface area (Å²) in [6.45, 7) is 1.73. The predicted molar refractivity (Wildman–Crippen MR) is 69.2 cm³/mol. The average molecular weight is 261 g/mol. The highest BCUT2D eigenvalue weighted by Gasteiger charge is 2.14. The highest BCUT2D eigenvalue weighted by atomic mass is 35.5. The molecule has 2 aromatic heterocycles. The number of H-pyrrole nitrogens is 1. The molecule has 90 valence electrons. The molecule has 0 bridgehead atoms. The lowest BCUT2D eigenvalue weighted by molar-refractivity contribution is 1.01. The molecule has 0 saturated carbocycles. The fourth-order valence-electron chi connectivity index (χ4n) is 1.90. The summed E-state index contributed by atoms with van der Waals surface area (Å²) < 4.78 is 1.47. The second-order valence-electron chi connectivity index (χ2n) is 3.86. The van der Waals surface area contributed by atoms with Crippen molar-refractivity contribution in [2.45, 2.75) is 6.92 Å². The average Bonchev–Trinajstić information content (AvgIpc) is 2.66. The number of halogens is 1. The molecule has 1 N–H and O–H groups in total. The van der Waals surface area contributed by atoms with Gasteiger partial charge in [-0.2, -0.15) is 0 Å². The molecule has 18 heavy (non-hydrogen) atoms. The van der Waals surface area contributed by atoms with Gasteiger partial charge in [-0.1, -0.05) is 29.8 Å². The minimum Gasteiger partial charge on any atom is -0.290 e. The normalized spacial score (nSPS) is 11.0. The molecule has 2 heterocycles. The second-order valence-corrected chi connectivity index (χ2v) is 4.22. The van der Waals surface area contributed by atoms with Crippen LogP contribution in [0.3, 0.4) is 0 Å². The van der Waals surface area contributed by atoms with E-state index in [4.69, 9.17) is 11.6 Å². The van der Waals surface area contributed by atoms with E-state index in [2.05, 4.69) is 15.0 Å². The van der Waals surface area contributed by atoms with Gasteiger partial charge in [0.1, 0.15) is 11.3 Å². The minimum absolute atomic E-state index is 0.264. The zero-order valence-corrected chi connectivity index (χ0v) is 10.3. The van der Waals surface area contributed by atoms with Crippen molar-refractivity contribution in [1.82, 2.24) is 19.5 Å². The first-order chi connectivity index (χ1) is 8.66. The van der Waals surface area contributed by atoms with Gasteiger partial charge in [-0.25, -0.2) is 14.8 Å². The van der Waals surface area contributed by atoms with E-state index in [1.54, 1.807) is 6.92 Å². The van der Waals surface area contributed by atoms with Crippen molar-refractivity contribution in [1.29, 1.82) is 0 Å². The molecule has 0 atom stereocenters. The first-order valence-corrected chi connectivity index (χ1v) is 5.75. The van der Waals surface area contributed by atoms with Crippen LogP contribution in [0.15, 0.2) is 35.1 Å². The Hall–Kier alpha value is -2.14. The number of hydrogen-bond donors (Lipinski definition) is 1. The maximum absolute atomic E-state index is 12.0. The lowest BCUT2D eigenvalue weighted by Gasteiger charge is -2.03. The third kappa shape index (κ3) is 1.60. The maximum atomic E-state index is 12.0. The standard InChI is InChI=1S/C12H9ClN4O/c1-7-14-10(13)9-11(15-7)16-12(18)17(9)8-5-3-2-4-6-8/h2-6H,1H3,(H,14,15,16,18). The van der Waals surface area contributed by atoms with Gasteiger partial charge in [-0.05, 0) is 19.1 Å². The summed E-state index contributed by atoms with van der Waals surface area (Å²) in [7, 11) is 0. The van der Waals surface area contributed by atoms with Crippen LogP contribution in [-0.2, 0) is 0 Å². The largest absolute Gasteiger partial charge is 0.332 e. The zero-order valence-electron chi connectivity index (χ0n) is 9.51. The third-order valence-corrected chi connectivity index (χ3v) is 2.88. The molecule has 0 unspecified atom stereocenters. The van der Waals surface area contributed by atoms with Gasteiger partial charge in [0.05, 0.1) is 5.69 Å². The summed E-state index contributed by atoms with van der Waals surface area (Å²) in [5.74, 6) is 0.522. The Morgan fingerprint density at radius 3 is 2.67 bits per heavy atom.